The van der Waals surface area contributed by atoms with Gasteiger partial charge in [0.1, 0.15) is 0 Å². The number of nitrogens with zero attached hydrogens (tertiary/aromatic N) is 1. The zero-order chi connectivity index (χ0) is 28.4. The van der Waals surface area contributed by atoms with E-state index in [0.29, 0.717) is 106 Å². The van der Waals surface area contributed by atoms with Crippen molar-refractivity contribution in [3.8, 4) is 0 Å². The largest absolute Gasteiger partial charge is 0.377 e. The summed E-state index contributed by atoms with van der Waals surface area (Å²) in [5.74, 6) is -0.607. The summed E-state index contributed by atoms with van der Waals surface area (Å²) in [5, 5.41) is 0. The van der Waals surface area contributed by atoms with E-state index in [0.717, 1.165) is 30.8 Å². The fourth-order valence-corrected chi connectivity index (χ4v) is 3.53. The maximum absolute atomic E-state index is 11.4. The number of carbonyl (C=O) groups is 2. The first-order valence-corrected chi connectivity index (χ1v) is 14.2. The maximum atomic E-state index is 11.4. The van der Waals surface area contributed by atoms with Gasteiger partial charge in [0.05, 0.1) is 119 Å². The molecule has 0 aromatic rings. The van der Waals surface area contributed by atoms with Gasteiger partial charge in [0.25, 0.3) is 11.8 Å². The van der Waals surface area contributed by atoms with E-state index in [9.17, 15) is 9.59 Å². The fraction of sp³-hybridized carbons (Fsp3) is 0.852. The van der Waals surface area contributed by atoms with Gasteiger partial charge in [0, 0.05) is 18.8 Å². The van der Waals surface area contributed by atoms with Crippen LogP contribution in [0.25, 0.3) is 0 Å². The highest BCUT2D eigenvalue weighted by atomic mass is 16.7. The second kappa shape index (κ2) is 25.2. The molecule has 232 valence electrons. The van der Waals surface area contributed by atoms with E-state index in [2.05, 4.69) is 0 Å². The topological polar surface area (TPSA) is 130 Å². The molecular formula is C27H47NO12. The standard InChI is InChI=1S/C27H47NO12/c29-25-4-5-26(30)28(25)6-8-31-9-10-32-11-12-33-13-14-34-15-16-35-17-18-36-19-20-37-21-22-38-23-24-40-27-3-1-2-7-39-27/h4-5,27H,1-3,6-24H2. The maximum Gasteiger partial charge on any atom is 0.253 e. The molecule has 2 heterocycles. The van der Waals surface area contributed by atoms with Gasteiger partial charge in [0.15, 0.2) is 6.29 Å². The average Bonchev–Trinajstić information content (AvgIpc) is 3.29. The van der Waals surface area contributed by atoms with E-state index < -0.39 is 0 Å². The van der Waals surface area contributed by atoms with Gasteiger partial charge in [-0.2, -0.15) is 0 Å². The van der Waals surface area contributed by atoms with Crippen molar-refractivity contribution in [3.05, 3.63) is 12.2 Å². The molecule has 0 aromatic heterocycles. The van der Waals surface area contributed by atoms with Gasteiger partial charge in [-0.15, -0.1) is 0 Å². The molecule has 40 heavy (non-hydrogen) atoms. The van der Waals surface area contributed by atoms with E-state index in [1.807, 2.05) is 0 Å². The molecule has 13 heteroatoms. The van der Waals surface area contributed by atoms with Crippen LogP contribution >= 0.6 is 0 Å². The van der Waals surface area contributed by atoms with Gasteiger partial charge in [-0.3, -0.25) is 14.5 Å². The molecule has 0 bridgehead atoms. The zero-order valence-corrected chi connectivity index (χ0v) is 23.6. The van der Waals surface area contributed by atoms with Crippen LogP contribution < -0.4 is 0 Å². The van der Waals surface area contributed by atoms with Gasteiger partial charge < -0.3 is 47.4 Å². The molecule has 0 spiro atoms. The molecule has 2 amide bonds. The molecule has 1 unspecified atom stereocenters. The number of ether oxygens (including phenoxy) is 10. The third-order valence-electron chi connectivity index (χ3n) is 5.63. The van der Waals surface area contributed by atoms with Crippen LogP contribution in [-0.2, 0) is 57.0 Å². The Morgan fingerprint density at radius 3 is 1.30 bits per heavy atom. The average molecular weight is 578 g/mol. The van der Waals surface area contributed by atoms with E-state index in [4.69, 9.17) is 47.4 Å². The quantitative estimate of drug-likeness (QED) is 0.0953. The second-order valence-electron chi connectivity index (χ2n) is 8.73. The smallest absolute Gasteiger partial charge is 0.253 e. The predicted octanol–water partition coefficient (Wildman–Crippen LogP) is 0.587. The van der Waals surface area contributed by atoms with Crippen LogP contribution in [0.4, 0.5) is 0 Å². The summed E-state index contributed by atoms with van der Waals surface area (Å²) >= 11 is 0. The molecule has 1 atom stereocenters. The normalized spacial score (nSPS) is 17.4. The van der Waals surface area contributed by atoms with Crippen molar-refractivity contribution in [2.45, 2.75) is 25.6 Å². The number of rotatable bonds is 28. The van der Waals surface area contributed by atoms with Crippen LogP contribution in [0.5, 0.6) is 0 Å². The Kier molecular flexibility index (Phi) is 21.9. The minimum Gasteiger partial charge on any atom is -0.377 e. The molecule has 0 saturated carbocycles. The Bertz CT molecular complexity index is 641. The Hall–Kier alpha value is -1.52. The lowest BCUT2D eigenvalue weighted by Gasteiger charge is -2.22. The number of amides is 2. The van der Waals surface area contributed by atoms with Crippen molar-refractivity contribution in [2.75, 3.05) is 125 Å². The zero-order valence-electron chi connectivity index (χ0n) is 23.6. The van der Waals surface area contributed by atoms with Crippen LogP contribution in [0.15, 0.2) is 12.2 Å². The minimum absolute atomic E-state index is 0.0705. The molecule has 2 aliphatic rings. The minimum atomic E-state index is -0.303. The molecule has 1 saturated heterocycles. The molecule has 2 aliphatic heterocycles. The molecule has 0 radical (unpaired) electrons. The van der Waals surface area contributed by atoms with Crippen LogP contribution in [0, 0.1) is 0 Å². The number of hydrogen-bond acceptors (Lipinski definition) is 12. The number of carbonyl (C=O) groups excluding carboxylic acids is 2. The third kappa shape index (κ3) is 18.8. The lowest BCUT2D eigenvalue weighted by Crippen LogP contribution is -2.33. The van der Waals surface area contributed by atoms with Gasteiger partial charge in [-0.05, 0) is 19.3 Å². The lowest BCUT2D eigenvalue weighted by molar-refractivity contribution is -0.169. The van der Waals surface area contributed by atoms with E-state index in [1.165, 1.54) is 12.2 Å². The molecule has 13 nitrogen and oxygen atoms in total. The molecule has 0 aromatic carbocycles. The summed E-state index contributed by atoms with van der Waals surface area (Å²) in [5.41, 5.74) is 0. The first-order chi connectivity index (χ1) is 19.8. The molecule has 2 rings (SSSR count). The van der Waals surface area contributed by atoms with Gasteiger partial charge in [-0.25, -0.2) is 0 Å². The summed E-state index contributed by atoms with van der Waals surface area (Å²) in [6.07, 6.45) is 5.69. The fourth-order valence-electron chi connectivity index (χ4n) is 3.53. The highest BCUT2D eigenvalue weighted by Gasteiger charge is 2.22. The van der Waals surface area contributed by atoms with Crippen LogP contribution in [0.3, 0.4) is 0 Å². The SMILES string of the molecule is O=C1C=CC(=O)N1CCOCCOCCOCCOCCOCCOCCOCCOCCOC1CCCCO1. The van der Waals surface area contributed by atoms with Crippen molar-refractivity contribution in [1.82, 2.24) is 4.90 Å². The lowest BCUT2D eigenvalue weighted by atomic mass is 10.2. The molecule has 0 N–H and O–H groups in total. The highest BCUT2D eigenvalue weighted by molar-refractivity contribution is 6.12. The van der Waals surface area contributed by atoms with Crippen molar-refractivity contribution in [3.63, 3.8) is 0 Å². The highest BCUT2D eigenvalue weighted by Crippen LogP contribution is 2.13. The summed E-state index contributed by atoms with van der Waals surface area (Å²) in [6, 6.07) is 0. The van der Waals surface area contributed by atoms with E-state index in [-0.39, 0.29) is 31.3 Å². The van der Waals surface area contributed by atoms with Crippen molar-refractivity contribution in [2.24, 2.45) is 0 Å². The number of hydrogen-bond donors (Lipinski definition) is 0. The Balaban J connectivity index is 1.16. The summed E-state index contributed by atoms with van der Waals surface area (Å²) in [4.78, 5) is 23.9. The van der Waals surface area contributed by atoms with Crippen molar-refractivity contribution >= 4 is 11.8 Å². The van der Waals surface area contributed by atoms with Gasteiger partial charge in [-0.1, -0.05) is 0 Å². The van der Waals surface area contributed by atoms with Crippen molar-refractivity contribution < 1.29 is 57.0 Å². The van der Waals surface area contributed by atoms with E-state index in [1.54, 1.807) is 0 Å². The first-order valence-electron chi connectivity index (χ1n) is 14.2. The predicted molar refractivity (Wildman–Crippen MR) is 142 cm³/mol. The van der Waals surface area contributed by atoms with Crippen LogP contribution in [0.1, 0.15) is 19.3 Å². The Morgan fingerprint density at radius 1 is 0.550 bits per heavy atom. The molecule has 1 fully saturated rings. The Morgan fingerprint density at radius 2 is 0.925 bits per heavy atom. The molecule has 0 aliphatic carbocycles. The summed E-state index contributed by atoms with van der Waals surface area (Å²) in [6.45, 7) is 9.12. The second-order valence-corrected chi connectivity index (χ2v) is 8.73. The summed E-state index contributed by atoms with van der Waals surface area (Å²) < 4.78 is 54.6. The number of imide groups is 1. The van der Waals surface area contributed by atoms with Gasteiger partial charge in [0.2, 0.25) is 0 Å². The Labute approximate surface area is 237 Å². The first kappa shape index (κ1) is 34.7. The monoisotopic (exact) mass is 577 g/mol. The molecular weight excluding hydrogens is 530 g/mol. The van der Waals surface area contributed by atoms with Crippen molar-refractivity contribution in [1.29, 1.82) is 0 Å². The van der Waals surface area contributed by atoms with E-state index >= 15 is 0 Å². The third-order valence-corrected chi connectivity index (χ3v) is 5.63. The van der Waals surface area contributed by atoms with Crippen LogP contribution in [-0.4, -0.2) is 148 Å². The van der Waals surface area contributed by atoms with Gasteiger partial charge >= 0.3 is 0 Å². The summed E-state index contributed by atoms with van der Waals surface area (Å²) in [7, 11) is 0. The van der Waals surface area contributed by atoms with Crippen LogP contribution in [0.2, 0.25) is 0 Å².